The fraction of sp³-hybridized carbons (Fsp3) is 0.211. The summed E-state index contributed by atoms with van der Waals surface area (Å²) in [5.74, 6) is 2.13. The molecule has 0 aliphatic carbocycles. The summed E-state index contributed by atoms with van der Waals surface area (Å²) >= 11 is 6.26. The van der Waals surface area contributed by atoms with Gasteiger partial charge in [0.05, 0.1) is 14.2 Å². The molecule has 140 valence electrons. The predicted molar refractivity (Wildman–Crippen MR) is 106 cm³/mol. The van der Waals surface area contributed by atoms with Crippen LogP contribution in [0.4, 0.5) is 17.6 Å². The van der Waals surface area contributed by atoms with Gasteiger partial charge in [0.15, 0.2) is 11.5 Å². The molecule has 2 aromatic carbocycles. The van der Waals surface area contributed by atoms with Gasteiger partial charge in [0.25, 0.3) is 0 Å². The summed E-state index contributed by atoms with van der Waals surface area (Å²) in [7, 11) is 3.18. The van der Waals surface area contributed by atoms with Crippen LogP contribution in [-0.2, 0) is 6.54 Å². The van der Waals surface area contributed by atoms with Crippen molar-refractivity contribution in [3.05, 3.63) is 58.9 Å². The third-order valence-corrected chi connectivity index (χ3v) is 4.34. The molecule has 8 heteroatoms. The molecule has 0 spiro atoms. The van der Waals surface area contributed by atoms with Crippen molar-refractivity contribution >= 4 is 29.2 Å². The van der Waals surface area contributed by atoms with Crippen molar-refractivity contribution in [2.75, 3.05) is 24.9 Å². The molecule has 3 rings (SSSR count). The molecule has 1 aromatic heterocycles. The highest BCUT2D eigenvalue weighted by Gasteiger charge is 2.08. The summed E-state index contributed by atoms with van der Waals surface area (Å²) < 4.78 is 10.5. The first-order chi connectivity index (χ1) is 13.1. The molecule has 0 unspecified atom stereocenters. The van der Waals surface area contributed by atoms with Gasteiger partial charge in [-0.1, -0.05) is 23.7 Å². The zero-order valence-corrected chi connectivity index (χ0v) is 16.0. The van der Waals surface area contributed by atoms with Crippen molar-refractivity contribution in [3.63, 3.8) is 0 Å². The topological polar surface area (TPSA) is 81.2 Å². The Kier molecular flexibility index (Phi) is 5.93. The molecule has 27 heavy (non-hydrogen) atoms. The van der Waals surface area contributed by atoms with E-state index in [9.17, 15) is 0 Å². The molecule has 0 saturated heterocycles. The third kappa shape index (κ3) is 4.57. The number of aromatic nitrogens is 3. The van der Waals surface area contributed by atoms with E-state index in [4.69, 9.17) is 21.1 Å². The first-order valence-electron chi connectivity index (χ1n) is 8.26. The van der Waals surface area contributed by atoms with E-state index in [2.05, 4.69) is 25.6 Å². The summed E-state index contributed by atoms with van der Waals surface area (Å²) in [5, 5.41) is 7.01. The van der Waals surface area contributed by atoms with E-state index >= 15 is 0 Å². The number of rotatable bonds is 7. The van der Waals surface area contributed by atoms with Crippen LogP contribution in [0.15, 0.2) is 42.7 Å². The van der Waals surface area contributed by atoms with Crippen molar-refractivity contribution in [1.82, 2.24) is 15.0 Å². The molecule has 0 bridgehead atoms. The van der Waals surface area contributed by atoms with Gasteiger partial charge in [0.2, 0.25) is 11.9 Å². The number of aryl methyl sites for hydroxylation is 1. The van der Waals surface area contributed by atoms with E-state index in [1.807, 2.05) is 43.3 Å². The average Bonchev–Trinajstić information content (AvgIpc) is 2.68. The molecule has 3 aromatic rings. The number of nitrogens with zero attached hydrogens (tertiary/aromatic N) is 3. The number of hydrogen-bond donors (Lipinski definition) is 2. The minimum absolute atomic E-state index is 0.413. The maximum atomic E-state index is 6.26. The van der Waals surface area contributed by atoms with E-state index in [1.165, 1.54) is 6.33 Å². The maximum absolute atomic E-state index is 6.26. The van der Waals surface area contributed by atoms with E-state index in [-0.39, 0.29) is 0 Å². The molecule has 0 aliphatic heterocycles. The molecule has 2 N–H and O–H groups in total. The zero-order chi connectivity index (χ0) is 19.2. The molecule has 0 radical (unpaired) electrons. The largest absolute Gasteiger partial charge is 0.493 e. The minimum atomic E-state index is 0.413. The first kappa shape index (κ1) is 18.7. The van der Waals surface area contributed by atoms with Crippen molar-refractivity contribution in [2.45, 2.75) is 13.5 Å². The lowest BCUT2D eigenvalue weighted by Gasteiger charge is -2.12. The second-order valence-corrected chi connectivity index (χ2v) is 6.12. The van der Waals surface area contributed by atoms with Gasteiger partial charge in [-0.2, -0.15) is 4.98 Å². The molecule has 0 aliphatic rings. The van der Waals surface area contributed by atoms with E-state index in [0.29, 0.717) is 35.0 Å². The molecule has 0 amide bonds. The summed E-state index contributed by atoms with van der Waals surface area (Å²) in [4.78, 5) is 12.7. The molecule has 0 fully saturated rings. The van der Waals surface area contributed by atoms with Crippen LogP contribution in [0.25, 0.3) is 0 Å². The molecular formula is C19H20ClN5O2. The van der Waals surface area contributed by atoms with Gasteiger partial charge >= 0.3 is 0 Å². The fourth-order valence-electron chi connectivity index (χ4n) is 2.54. The third-order valence-electron chi connectivity index (χ3n) is 3.99. The number of benzene rings is 2. The van der Waals surface area contributed by atoms with Crippen LogP contribution in [0.3, 0.4) is 0 Å². The van der Waals surface area contributed by atoms with Crippen LogP contribution in [0.5, 0.6) is 11.5 Å². The van der Waals surface area contributed by atoms with Crippen LogP contribution < -0.4 is 20.1 Å². The van der Waals surface area contributed by atoms with Gasteiger partial charge in [-0.15, -0.1) is 0 Å². The molecule has 1 heterocycles. The van der Waals surface area contributed by atoms with Gasteiger partial charge in [-0.3, -0.25) is 0 Å². The van der Waals surface area contributed by atoms with Gasteiger partial charge in [-0.25, -0.2) is 9.97 Å². The predicted octanol–water partition coefficient (Wildman–Crippen LogP) is 4.21. The van der Waals surface area contributed by atoms with Crippen molar-refractivity contribution in [1.29, 1.82) is 0 Å². The van der Waals surface area contributed by atoms with Gasteiger partial charge in [-0.05, 0) is 36.2 Å². The summed E-state index contributed by atoms with van der Waals surface area (Å²) in [6.45, 7) is 2.53. The van der Waals surface area contributed by atoms with Gasteiger partial charge in [0, 0.05) is 23.3 Å². The Morgan fingerprint density at radius 1 is 1.00 bits per heavy atom. The molecular weight excluding hydrogens is 366 g/mol. The number of hydrogen-bond acceptors (Lipinski definition) is 7. The Morgan fingerprint density at radius 3 is 2.52 bits per heavy atom. The Balaban J connectivity index is 1.72. The highest BCUT2D eigenvalue weighted by atomic mass is 35.5. The van der Waals surface area contributed by atoms with Crippen LogP contribution in [0.2, 0.25) is 5.02 Å². The number of methoxy groups -OCH3 is 2. The standard InChI is InChI=1S/C19H20ClN5O2/c1-12-5-4-6-15(20)14(12)10-21-18-22-11-23-19(25-18)24-13-7-8-16(26-2)17(9-13)27-3/h4-9,11H,10H2,1-3H3,(H2,21,22,23,24,25). The van der Waals surface area contributed by atoms with Crippen molar-refractivity contribution in [3.8, 4) is 11.5 Å². The Morgan fingerprint density at radius 2 is 1.78 bits per heavy atom. The average molecular weight is 386 g/mol. The van der Waals surface area contributed by atoms with Crippen molar-refractivity contribution < 1.29 is 9.47 Å². The smallest absolute Gasteiger partial charge is 0.231 e. The Labute approximate surface area is 162 Å². The minimum Gasteiger partial charge on any atom is -0.493 e. The van der Waals surface area contributed by atoms with E-state index in [0.717, 1.165) is 16.8 Å². The molecule has 0 saturated carbocycles. The number of ether oxygens (including phenoxy) is 2. The Hall–Kier alpha value is -3.06. The lowest BCUT2D eigenvalue weighted by atomic mass is 10.1. The van der Waals surface area contributed by atoms with Crippen molar-refractivity contribution in [2.24, 2.45) is 0 Å². The normalized spacial score (nSPS) is 10.4. The van der Waals surface area contributed by atoms with Crippen LogP contribution in [-0.4, -0.2) is 29.2 Å². The number of anilines is 3. The molecule has 7 nitrogen and oxygen atoms in total. The SMILES string of the molecule is COc1ccc(Nc2ncnc(NCc3c(C)cccc3Cl)n2)cc1OC. The molecule has 0 atom stereocenters. The van der Waals surface area contributed by atoms with Crippen LogP contribution in [0.1, 0.15) is 11.1 Å². The fourth-order valence-corrected chi connectivity index (χ4v) is 2.83. The number of nitrogens with one attached hydrogen (secondary N) is 2. The second kappa shape index (κ2) is 8.55. The maximum Gasteiger partial charge on any atom is 0.231 e. The lowest BCUT2D eigenvalue weighted by Crippen LogP contribution is -2.07. The zero-order valence-electron chi connectivity index (χ0n) is 15.3. The first-order valence-corrected chi connectivity index (χ1v) is 8.64. The van der Waals surface area contributed by atoms with Gasteiger partial charge < -0.3 is 20.1 Å². The summed E-state index contributed by atoms with van der Waals surface area (Å²) in [6.07, 6.45) is 1.44. The highest BCUT2D eigenvalue weighted by Crippen LogP contribution is 2.30. The van der Waals surface area contributed by atoms with Gasteiger partial charge in [0.1, 0.15) is 6.33 Å². The summed E-state index contributed by atoms with van der Waals surface area (Å²) in [5.41, 5.74) is 2.88. The monoisotopic (exact) mass is 385 g/mol. The quantitative estimate of drug-likeness (QED) is 0.630. The van der Waals surface area contributed by atoms with E-state index in [1.54, 1.807) is 14.2 Å². The highest BCUT2D eigenvalue weighted by molar-refractivity contribution is 6.31. The van der Waals surface area contributed by atoms with Crippen LogP contribution >= 0.6 is 11.6 Å². The summed E-state index contributed by atoms with van der Waals surface area (Å²) in [6, 6.07) is 11.3. The Bertz CT molecular complexity index is 915. The van der Waals surface area contributed by atoms with Crippen LogP contribution in [0, 0.1) is 6.92 Å². The lowest BCUT2D eigenvalue weighted by molar-refractivity contribution is 0.355. The van der Waals surface area contributed by atoms with E-state index < -0.39 is 0 Å². The second-order valence-electron chi connectivity index (χ2n) is 5.72. The number of halogens is 1.